The van der Waals surface area contributed by atoms with Crippen LogP contribution in [0.1, 0.15) is 42.5 Å². The molecule has 0 saturated carbocycles. The summed E-state index contributed by atoms with van der Waals surface area (Å²) in [6, 6.07) is 6.73. The van der Waals surface area contributed by atoms with Crippen molar-refractivity contribution in [3.8, 4) is 0 Å². The molecule has 2 aliphatic heterocycles. The lowest BCUT2D eigenvalue weighted by atomic mass is 9.97. The zero-order valence-corrected chi connectivity index (χ0v) is 15.1. The zero-order valence-electron chi connectivity index (χ0n) is 15.1. The van der Waals surface area contributed by atoms with Crippen LogP contribution in [-0.2, 0) is 9.53 Å². The topological polar surface area (TPSA) is 79.0 Å². The first-order valence-electron chi connectivity index (χ1n) is 9.11. The highest BCUT2D eigenvalue weighted by Crippen LogP contribution is 2.24. The van der Waals surface area contributed by atoms with Crippen LogP contribution >= 0.6 is 0 Å². The molecule has 0 aromatic heterocycles. The molecule has 0 radical (unpaired) electrons. The van der Waals surface area contributed by atoms with Crippen molar-refractivity contribution in [1.29, 1.82) is 0 Å². The Balaban J connectivity index is 1.68. The Hall–Kier alpha value is -2.41. The molecular weight excluding hydrogens is 334 g/mol. The molecule has 3 rings (SSSR count). The number of imide groups is 1. The summed E-state index contributed by atoms with van der Waals surface area (Å²) in [5, 5.41) is 2.25. The normalized spacial score (nSPS) is 20.4. The third-order valence-electron chi connectivity index (χ3n) is 4.99. The maximum atomic E-state index is 12.9. The minimum absolute atomic E-state index is 0.0137. The number of ether oxygens (including phenoxy) is 1. The second-order valence-corrected chi connectivity index (χ2v) is 6.77. The van der Waals surface area contributed by atoms with E-state index < -0.39 is 6.03 Å². The van der Waals surface area contributed by atoms with Gasteiger partial charge in [0.15, 0.2) is 0 Å². The quantitative estimate of drug-likeness (QED) is 0.624. The highest BCUT2D eigenvalue weighted by atomic mass is 16.5. The second kappa shape index (κ2) is 8.31. The SMILES string of the molecule is COCCC[C@@H]1CCCCN1C(=O)c1ccc(N2CC(=O)NC2=O)cc1. The molecule has 4 amide bonds. The summed E-state index contributed by atoms with van der Waals surface area (Å²) in [7, 11) is 1.69. The number of methoxy groups -OCH3 is 1. The number of urea groups is 1. The first kappa shape index (κ1) is 18.4. The molecule has 2 saturated heterocycles. The Morgan fingerprint density at radius 1 is 1.23 bits per heavy atom. The van der Waals surface area contributed by atoms with Crippen molar-refractivity contribution in [2.75, 3.05) is 31.7 Å². The third-order valence-corrected chi connectivity index (χ3v) is 4.99. The van der Waals surface area contributed by atoms with Crippen LogP contribution in [0.3, 0.4) is 0 Å². The lowest BCUT2D eigenvalue weighted by Crippen LogP contribution is -2.43. The first-order chi connectivity index (χ1) is 12.6. The monoisotopic (exact) mass is 359 g/mol. The van der Waals surface area contributed by atoms with Crippen LogP contribution in [0.4, 0.5) is 10.5 Å². The standard InChI is InChI=1S/C19H25N3O4/c1-26-12-4-6-15-5-2-3-11-21(15)18(24)14-7-9-16(10-8-14)22-13-17(23)20-19(22)25/h7-10,15H,2-6,11-13H2,1H3,(H,20,23,25)/t15-/m0/s1. The van der Waals surface area contributed by atoms with Gasteiger partial charge in [0.25, 0.3) is 5.91 Å². The average molecular weight is 359 g/mol. The van der Waals surface area contributed by atoms with E-state index in [1.54, 1.807) is 31.4 Å². The van der Waals surface area contributed by atoms with Gasteiger partial charge in [-0.15, -0.1) is 0 Å². The number of piperidine rings is 1. The van der Waals surface area contributed by atoms with Crippen molar-refractivity contribution >= 4 is 23.5 Å². The molecule has 0 unspecified atom stereocenters. The van der Waals surface area contributed by atoms with E-state index in [1.807, 2.05) is 4.90 Å². The molecule has 2 heterocycles. The van der Waals surface area contributed by atoms with Gasteiger partial charge < -0.3 is 9.64 Å². The van der Waals surface area contributed by atoms with Crippen LogP contribution in [0, 0.1) is 0 Å². The Bertz CT molecular complexity index is 674. The number of rotatable bonds is 6. The largest absolute Gasteiger partial charge is 0.385 e. The van der Waals surface area contributed by atoms with Crippen molar-refractivity contribution in [2.24, 2.45) is 0 Å². The second-order valence-electron chi connectivity index (χ2n) is 6.77. The van der Waals surface area contributed by atoms with Crippen LogP contribution in [0.15, 0.2) is 24.3 Å². The fourth-order valence-corrected chi connectivity index (χ4v) is 3.63. The fourth-order valence-electron chi connectivity index (χ4n) is 3.63. The lowest BCUT2D eigenvalue weighted by Gasteiger charge is -2.36. The number of carbonyl (C=O) groups is 3. The molecule has 0 aliphatic carbocycles. The summed E-state index contributed by atoms with van der Waals surface area (Å²) < 4.78 is 5.13. The van der Waals surface area contributed by atoms with Gasteiger partial charge in [-0.3, -0.25) is 19.8 Å². The number of nitrogens with zero attached hydrogens (tertiary/aromatic N) is 2. The number of hydrogen-bond donors (Lipinski definition) is 1. The van der Waals surface area contributed by atoms with E-state index >= 15 is 0 Å². The summed E-state index contributed by atoms with van der Waals surface area (Å²) in [6.45, 7) is 1.50. The number of carbonyl (C=O) groups excluding carboxylic acids is 3. The van der Waals surface area contributed by atoms with Gasteiger partial charge in [-0.25, -0.2) is 4.79 Å². The van der Waals surface area contributed by atoms with Gasteiger partial charge >= 0.3 is 6.03 Å². The summed E-state index contributed by atoms with van der Waals surface area (Å²) in [4.78, 5) is 39.3. The summed E-state index contributed by atoms with van der Waals surface area (Å²) in [6.07, 6.45) is 5.11. The molecule has 2 fully saturated rings. The predicted molar refractivity (Wildman–Crippen MR) is 97.1 cm³/mol. The molecule has 0 spiro atoms. The Morgan fingerprint density at radius 2 is 2.00 bits per heavy atom. The Labute approximate surface area is 153 Å². The Kier molecular flexibility index (Phi) is 5.88. The maximum Gasteiger partial charge on any atom is 0.329 e. The highest BCUT2D eigenvalue weighted by Gasteiger charge is 2.29. The number of nitrogens with one attached hydrogen (secondary N) is 1. The van der Waals surface area contributed by atoms with E-state index in [1.165, 1.54) is 4.90 Å². The van der Waals surface area contributed by atoms with Crippen molar-refractivity contribution in [3.05, 3.63) is 29.8 Å². The van der Waals surface area contributed by atoms with E-state index in [0.29, 0.717) is 17.9 Å². The van der Waals surface area contributed by atoms with Crippen LogP contribution in [0.2, 0.25) is 0 Å². The van der Waals surface area contributed by atoms with Gasteiger partial charge in [-0.1, -0.05) is 0 Å². The van der Waals surface area contributed by atoms with E-state index in [0.717, 1.165) is 38.6 Å². The zero-order chi connectivity index (χ0) is 18.5. The molecule has 1 N–H and O–H groups in total. The molecule has 0 bridgehead atoms. The first-order valence-corrected chi connectivity index (χ1v) is 9.11. The Morgan fingerprint density at radius 3 is 2.65 bits per heavy atom. The third kappa shape index (κ3) is 4.04. The van der Waals surface area contributed by atoms with Gasteiger partial charge in [-0.2, -0.15) is 0 Å². The summed E-state index contributed by atoms with van der Waals surface area (Å²) in [5.41, 5.74) is 1.22. The van der Waals surface area contributed by atoms with Crippen molar-refractivity contribution in [2.45, 2.75) is 38.1 Å². The smallest absolute Gasteiger partial charge is 0.329 e. The molecule has 1 aromatic rings. The highest BCUT2D eigenvalue weighted by molar-refractivity contribution is 6.12. The number of hydrogen-bond acceptors (Lipinski definition) is 4. The van der Waals surface area contributed by atoms with Crippen LogP contribution < -0.4 is 10.2 Å². The number of anilines is 1. The number of likely N-dealkylation sites (tertiary alicyclic amines) is 1. The minimum atomic E-state index is -0.427. The molecule has 7 heteroatoms. The lowest BCUT2D eigenvalue weighted by molar-refractivity contribution is -0.117. The van der Waals surface area contributed by atoms with Gasteiger partial charge in [0.2, 0.25) is 5.91 Å². The van der Waals surface area contributed by atoms with E-state index in [-0.39, 0.29) is 24.4 Å². The van der Waals surface area contributed by atoms with E-state index in [2.05, 4.69) is 5.32 Å². The summed E-state index contributed by atoms with van der Waals surface area (Å²) >= 11 is 0. The van der Waals surface area contributed by atoms with E-state index in [4.69, 9.17) is 4.74 Å². The van der Waals surface area contributed by atoms with E-state index in [9.17, 15) is 14.4 Å². The van der Waals surface area contributed by atoms with Crippen molar-refractivity contribution in [3.63, 3.8) is 0 Å². The van der Waals surface area contributed by atoms with Crippen LogP contribution in [0.5, 0.6) is 0 Å². The molecule has 140 valence electrons. The van der Waals surface area contributed by atoms with Crippen LogP contribution in [0.25, 0.3) is 0 Å². The van der Waals surface area contributed by atoms with Gasteiger partial charge in [0, 0.05) is 37.6 Å². The van der Waals surface area contributed by atoms with Crippen LogP contribution in [-0.4, -0.2) is 55.6 Å². The molecule has 26 heavy (non-hydrogen) atoms. The fraction of sp³-hybridized carbons (Fsp3) is 0.526. The minimum Gasteiger partial charge on any atom is -0.385 e. The molecule has 1 atom stereocenters. The molecule has 7 nitrogen and oxygen atoms in total. The maximum absolute atomic E-state index is 12.9. The number of benzene rings is 1. The van der Waals surface area contributed by atoms with Gasteiger partial charge in [-0.05, 0) is 56.4 Å². The average Bonchev–Trinajstić information content (AvgIpc) is 3.00. The van der Waals surface area contributed by atoms with Crippen molar-refractivity contribution in [1.82, 2.24) is 10.2 Å². The molecular formula is C19H25N3O4. The molecule has 1 aromatic carbocycles. The van der Waals surface area contributed by atoms with Gasteiger partial charge in [0.05, 0.1) is 0 Å². The molecule has 2 aliphatic rings. The van der Waals surface area contributed by atoms with Gasteiger partial charge in [0.1, 0.15) is 6.54 Å². The van der Waals surface area contributed by atoms with Crippen molar-refractivity contribution < 1.29 is 19.1 Å². The predicted octanol–water partition coefficient (Wildman–Crippen LogP) is 2.16. The summed E-state index contributed by atoms with van der Waals surface area (Å²) in [5.74, 6) is -0.289. The number of amides is 4.